The molecule has 0 saturated carbocycles. The fourth-order valence-electron chi connectivity index (χ4n) is 0.934. The van der Waals surface area contributed by atoms with Crippen LogP contribution in [0.5, 0.6) is 0 Å². The van der Waals surface area contributed by atoms with Crippen LogP contribution in [0, 0.1) is 0 Å². The molecule has 0 aliphatic heterocycles. The average Bonchev–Trinajstić information content (AvgIpc) is 2.71. The molecule has 0 aliphatic carbocycles. The predicted molar refractivity (Wildman–Crippen MR) is 55.5 cm³/mol. The molecule has 2 aromatic heterocycles. The van der Waals surface area contributed by atoms with Crippen molar-refractivity contribution in [2.24, 2.45) is 0 Å². The Bertz CT molecular complexity index is 438. The zero-order chi connectivity index (χ0) is 9.97. The summed E-state index contributed by atoms with van der Waals surface area (Å²) in [5, 5.41) is 9.96. The third-order valence-electron chi connectivity index (χ3n) is 1.57. The van der Waals surface area contributed by atoms with Gasteiger partial charge < -0.3 is 0 Å². The van der Waals surface area contributed by atoms with E-state index in [-0.39, 0.29) is 5.16 Å². The van der Waals surface area contributed by atoms with Crippen molar-refractivity contribution in [1.82, 2.24) is 15.2 Å². The van der Waals surface area contributed by atoms with Crippen LogP contribution in [0.4, 0.5) is 0 Å². The van der Waals surface area contributed by atoms with E-state index >= 15 is 0 Å². The highest BCUT2D eigenvalue weighted by Gasteiger charge is 2.04. The lowest BCUT2D eigenvalue weighted by Crippen LogP contribution is -1.99. The molecule has 0 N–H and O–H groups in total. The standard InChI is InChI=1S/C8H7N3OS2/c1-14(12)8-9-5-6(10-11-8)7-3-2-4-13-7/h2-5H,1H3/t14-/m1/s1. The molecule has 1 atom stereocenters. The maximum absolute atomic E-state index is 11.0. The van der Waals surface area contributed by atoms with Crippen LogP contribution in [0.1, 0.15) is 0 Å². The molecule has 4 nitrogen and oxygen atoms in total. The van der Waals surface area contributed by atoms with Crippen molar-refractivity contribution in [3.8, 4) is 10.6 Å². The van der Waals surface area contributed by atoms with Gasteiger partial charge in [0.25, 0.3) is 0 Å². The van der Waals surface area contributed by atoms with Crippen LogP contribution in [0.3, 0.4) is 0 Å². The molecule has 6 heteroatoms. The topological polar surface area (TPSA) is 55.7 Å². The third kappa shape index (κ3) is 1.85. The van der Waals surface area contributed by atoms with Crippen molar-refractivity contribution >= 4 is 22.1 Å². The van der Waals surface area contributed by atoms with Gasteiger partial charge >= 0.3 is 0 Å². The molecule has 0 bridgehead atoms. The Kier molecular flexibility index (Phi) is 2.64. The van der Waals surface area contributed by atoms with E-state index in [9.17, 15) is 4.21 Å². The van der Waals surface area contributed by atoms with Gasteiger partial charge in [0.15, 0.2) is 0 Å². The van der Waals surface area contributed by atoms with Gasteiger partial charge in [-0.25, -0.2) is 4.98 Å². The van der Waals surface area contributed by atoms with Gasteiger partial charge in [-0.3, -0.25) is 4.21 Å². The van der Waals surface area contributed by atoms with Gasteiger partial charge in [0, 0.05) is 6.26 Å². The molecule has 0 aliphatic rings. The summed E-state index contributed by atoms with van der Waals surface area (Å²) >= 11 is 1.57. The summed E-state index contributed by atoms with van der Waals surface area (Å²) < 4.78 is 11.0. The number of rotatable bonds is 2. The Hall–Kier alpha value is -1.14. The Labute approximate surface area is 87.5 Å². The number of hydrogen-bond acceptors (Lipinski definition) is 5. The first-order chi connectivity index (χ1) is 6.77. The molecule has 0 radical (unpaired) electrons. The molecule has 0 unspecified atom stereocenters. The van der Waals surface area contributed by atoms with Gasteiger partial charge in [0.2, 0.25) is 5.16 Å². The summed E-state index contributed by atoms with van der Waals surface area (Å²) in [6, 6.07) is 3.88. The van der Waals surface area contributed by atoms with Crippen LogP contribution >= 0.6 is 11.3 Å². The molecule has 0 spiro atoms. The van der Waals surface area contributed by atoms with Crippen molar-refractivity contribution in [2.75, 3.05) is 6.26 Å². The normalized spacial score (nSPS) is 12.6. The molecular formula is C8H7N3OS2. The van der Waals surface area contributed by atoms with E-state index < -0.39 is 10.8 Å². The highest BCUT2D eigenvalue weighted by atomic mass is 32.2. The molecule has 0 fully saturated rings. The van der Waals surface area contributed by atoms with Gasteiger partial charge in [-0.1, -0.05) is 6.07 Å². The second-order valence-electron chi connectivity index (χ2n) is 2.56. The lowest BCUT2D eigenvalue weighted by Gasteiger charge is -1.95. The largest absolute Gasteiger partial charge is 0.251 e. The van der Waals surface area contributed by atoms with Crippen LogP contribution in [-0.4, -0.2) is 25.6 Å². The molecule has 2 aromatic rings. The minimum Gasteiger partial charge on any atom is -0.251 e. The summed E-state index contributed by atoms with van der Waals surface area (Å²) in [5.74, 6) is 0. The Morgan fingerprint density at radius 2 is 2.29 bits per heavy atom. The van der Waals surface area contributed by atoms with Crippen molar-refractivity contribution < 1.29 is 4.21 Å². The first-order valence-electron chi connectivity index (χ1n) is 3.84. The Balaban J connectivity index is 2.36. The van der Waals surface area contributed by atoms with Gasteiger partial charge in [0.1, 0.15) is 5.69 Å². The monoisotopic (exact) mass is 225 g/mol. The van der Waals surface area contributed by atoms with E-state index in [0.29, 0.717) is 5.69 Å². The van der Waals surface area contributed by atoms with Crippen molar-refractivity contribution in [1.29, 1.82) is 0 Å². The molecule has 0 saturated heterocycles. The van der Waals surface area contributed by atoms with Crippen LogP contribution in [0.25, 0.3) is 10.6 Å². The summed E-state index contributed by atoms with van der Waals surface area (Å²) in [7, 11) is -1.17. The maximum atomic E-state index is 11.0. The van der Waals surface area contributed by atoms with E-state index in [1.54, 1.807) is 17.5 Å². The van der Waals surface area contributed by atoms with Gasteiger partial charge in [-0.05, 0) is 11.4 Å². The summed E-state index contributed by atoms with van der Waals surface area (Å²) in [6.45, 7) is 0. The molecule has 14 heavy (non-hydrogen) atoms. The van der Waals surface area contributed by atoms with Crippen LogP contribution in [0.15, 0.2) is 28.9 Å². The van der Waals surface area contributed by atoms with E-state index in [2.05, 4.69) is 15.2 Å². The van der Waals surface area contributed by atoms with Crippen molar-refractivity contribution in [3.63, 3.8) is 0 Å². The zero-order valence-corrected chi connectivity index (χ0v) is 9.01. The summed E-state index contributed by atoms with van der Waals surface area (Å²) in [5.41, 5.74) is 0.717. The molecular weight excluding hydrogens is 218 g/mol. The van der Waals surface area contributed by atoms with Crippen molar-refractivity contribution in [2.45, 2.75) is 5.16 Å². The first-order valence-corrected chi connectivity index (χ1v) is 6.28. The lowest BCUT2D eigenvalue weighted by molar-refractivity contribution is 0.675. The lowest BCUT2D eigenvalue weighted by atomic mass is 10.4. The SMILES string of the molecule is C[S@@](=O)c1ncc(-c2cccs2)nn1. The highest BCUT2D eigenvalue weighted by molar-refractivity contribution is 7.84. The van der Waals surface area contributed by atoms with E-state index in [1.807, 2.05) is 17.5 Å². The smallest absolute Gasteiger partial charge is 0.239 e. The molecule has 0 amide bonds. The molecule has 72 valence electrons. The fourth-order valence-corrected chi connectivity index (χ4v) is 1.97. The first kappa shape index (κ1) is 9.42. The highest BCUT2D eigenvalue weighted by Crippen LogP contribution is 2.20. The summed E-state index contributed by atoms with van der Waals surface area (Å²) in [6.07, 6.45) is 3.12. The Morgan fingerprint density at radius 3 is 2.79 bits per heavy atom. The van der Waals surface area contributed by atoms with Crippen LogP contribution in [-0.2, 0) is 10.8 Å². The third-order valence-corrected chi connectivity index (χ3v) is 3.16. The minimum atomic E-state index is -1.17. The quantitative estimate of drug-likeness (QED) is 0.774. The number of aromatic nitrogens is 3. The number of thiophene rings is 1. The van der Waals surface area contributed by atoms with Gasteiger partial charge in [-0.2, -0.15) is 0 Å². The minimum absolute atomic E-state index is 0.269. The predicted octanol–water partition coefficient (Wildman–Crippen LogP) is 1.34. The van der Waals surface area contributed by atoms with Crippen LogP contribution in [0.2, 0.25) is 0 Å². The Morgan fingerprint density at radius 1 is 1.43 bits per heavy atom. The molecule has 2 heterocycles. The molecule has 0 aromatic carbocycles. The van der Waals surface area contributed by atoms with Gasteiger partial charge in [-0.15, -0.1) is 21.5 Å². The van der Waals surface area contributed by atoms with E-state index in [4.69, 9.17) is 0 Å². The van der Waals surface area contributed by atoms with Crippen LogP contribution < -0.4 is 0 Å². The number of hydrogen-bond donors (Lipinski definition) is 0. The number of nitrogens with zero attached hydrogens (tertiary/aromatic N) is 3. The van der Waals surface area contributed by atoms with E-state index in [0.717, 1.165) is 4.88 Å². The fraction of sp³-hybridized carbons (Fsp3) is 0.125. The zero-order valence-electron chi connectivity index (χ0n) is 7.38. The maximum Gasteiger partial charge on any atom is 0.239 e. The van der Waals surface area contributed by atoms with Crippen molar-refractivity contribution in [3.05, 3.63) is 23.7 Å². The molecule has 2 rings (SSSR count). The second kappa shape index (κ2) is 3.93. The van der Waals surface area contributed by atoms with E-state index in [1.165, 1.54) is 6.26 Å². The summed E-state index contributed by atoms with van der Waals surface area (Å²) in [4.78, 5) is 4.98. The average molecular weight is 225 g/mol. The second-order valence-corrected chi connectivity index (χ2v) is 4.78. The van der Waals surface area contributed by atoms with Gasteiger partial charge in [0.05, 0.1) is 21.9 Å².